The molecule has 0 amide bonds. The highest BCUT2D eigenvalue weighted by molar-refractivity contribution is 7.09. The number of ether oxygens (including phenoxy) is 1. The smallest absolute Gasteiger partial charge is 0.125 e. The summed E-state index contributed by atoms with van der Waals surface area (Å²) in [4.78, 5) is 1.21. The standard InChI is InChI=1S/C14H16ClNOS/c1-2-16-9-12-13(15)6-3-7-14(12)17-10-11-5-4-8-18-11/h3-8,16H,2,9-10H2,1H3. The minimum atomic E-state index is 0.594. The van der Waals surface area contributed by atoms with E-state index in [1.165, 1.54) is 4.88 Å². The van der Waals surface area contributed by atoms with Crippen LogP contribution in [0.3, 0.4) is 0 Å². The monoisotopic (exact) mass is 281 g/mol. The molecule has 2 nitrogen and oxygen atoms in total. The lowest BCUT2D eigenvalue weighted by Gasteiger charge is -2.12. The number of halogens is 1. The third kappa shape index (κ3) is 3.48. The highest BCUT2D eigenvalue weighted by Crippen LogP contribution is 2.27. The third-order valence-electron chi connectivity index (χ3n) is 2.58. The van der Waals surface area contributed by atoms with Crippen LogP contribution in [0.2, 0.25) is 5.02 Å². The Labute approximate surface area is 117 Å². The second-order valence-corrected chi connectivity index (χ2v) is 5.30. The first-order valence-electron chi connectivity index (χ1n) is 5.94. The van der Waals surface area contributed by atoms with E-state index >= 15 is 0 Å². The first-order chi connectivity index (χ1) is 8.81. The second-order valence-electron chi connectivity index (χ2n) is 3.86. The van der Waals surface area contributed by atoms with E-state index in [1.807, 2.05) is 24.3 Å². The quantitative estimate of drug-likeness (QED) is 0.861. The molecule has 4 heteroatoms. The van der Waals surface area contributed by atoms with E-state index in [2.05, 4.69) is 23.7 Å². The van der Waals surface area contributed by atoms with Crippen molar-refractivity contribution in [3.8, 4) is 5.75 Å². The molecule has 1 heterocycles. The number of nitrogens with one attached hydrogen (secondary N) is 1. The summed E-state index contributed by atoms with van der Waals surface area (Å²) < 4.78 is 5.85. The predicted octanol–water partition coefficient (Wildman–Crippen LogP) is 4.09. The predicted molar refractivity (Wildman–Crippen MR) is 77.5 cm³/mol. The minimum absolute atomic E-state index is 0.594. The van der Waals surface area contributed by atoms with Gasteiger partial charge in [-0.25, -0.2) is 0 Å². The van der Waals surface area contributed by atoms with Gasteiger partial charge in [0, 0.05) is 22.0 Å². The summed E-state index contributed by atoms with van der Waals surface area (Å²) in [5.74, 6) is 0.858. The first kappa shape index (κ1) is 13.4. The van der Waals surface area contributed by atoms with Gasteiger partial charge in [-0.1, -0.05) is 30.7 Å². The lowest BCUT2D eigenvalue weighted by atomic mass is 10.2. The Morgan fingerprint density at radius 3 is 2.89 bits per heavy atom. The molecular formula is C14H16ClNOS. The Balaban J connectivity index is 2.08. The normalized spacial score (nSPS) is 10.6. The molecule has 0 aliphatic carbocycles. The van der Waals surface area contributed by atoms with Crippen molar-refractivity contribution >= 4 is 22.9 Å². The van der Waals surface area contributed by atoms with Crippen LogP contribution in [0.5, 0.6) is 5.75 Å². The molecule has 1 aromatic carbocycles. The van der Waals surface area contributed by atoms with Gasteiger partial charge in [0.2, 0.25) is 0 Å². The molecule has 1 N–H and O–H groups in total. The third-order valence-corrected chi connectivity index (χ3v) is 3.78. The SMILES string of the molecule is CCNCc1c(Cl)cccc1OCc1cccs1. The van der Waals surface area contributed by atoms with Crippen molar-refractivity contribution in [1.29, 1.82) is 0 Å². The van der Waals surface area contributed by atoms with E-state index in [0.29, 0.717) is 6.61 Å². The molecule has 0 atom stereocenters. The summed E-state index contributed by atoms with van der Waals surface area (Å²) in [5.41, 5.74) is 1.03. The van der Waals surface area contributed by atoms with Crippen molar-refractivity contribution in [1.82, 2.24) is 5.32 Å². The van der Waals surface area contributed by atoms with Crippen LogP contribution in [0.4, 0.5) is 0 Å². The Morgan fingerprint density at radius 2 is 2.17 bits per heavy atom. The zero-order valence-electron chi connectivity index (χ0n) is 10.3. The summed E-state index contributed by atoms with van der Waals surface area (Å²) in [6.45, 7) is 4.31. The average Bonchev–Trinajstić information content (AvgIpc) is 2.88. The fourth-order valence-electron chi connectivity index (χ4n) is 1.64. The average molecular weight is 282 g/mol. The molecular weight excluding hydrogens is 266 g/mol. The molecule has 0 spiro atoms. The molecule has 0 saturated heterocycles. The molecule has 0 saturated carbocycles. The number of benzene rings is 1. The number of hydrogen-bond acceptors (Lipinski definition) is 3. The molecule has 2 aromatic rings. The maximum atomic E-state index is 6.21. The van der Waals surface area contributed by atoms with Gasteiger partial charge in [0.15, 0.2) is 0 Å². The van der Waals surface area contributed by atoms with Gasteiger partial charge in [0.05, 0.1) is 0 Å². The Hall–Kier alpha value is -1.03. The van der Waals surface area contributed by atoms with E-state index in [9.17, 15) is 0 Å². The molecule has 0 aliphatic heterocycles. The second kappa shape index (κ2) is 6.78. The summed E-state index contributed by atoms with van der Waals surface area (Å²) in [7, 11) is 0. The molecule has 18 heavy (non-hydrogen) atoms. The van der Waals surface area contributed by atoms with Crippen LogP contribution in [-0.2, 0) is 13.2 Å². The number of rotatable bonds is 6. The first-order valence-corrected chi connectivity index (χ1v) is 7.20. The lowest BCUT2D eigenvalue weighted by molar-refractivity contribution is 0.306. The van der Waals surface area contributed by atoms with E-state index in [-0.39, 0.29) is 0 Å². The summed E-state index contributed by atoms with van der Waals surface area (Å²) in [6, 6.07) is 9.87. The van der Waals surface area contributed by atoms with Crippen molar-refractivity contribution in [3.63, 3.8) is 0 Å². The minimum Gasteiger partial charge on any atom is -0.488 e. The Bertz CT molecular complexity index is 485. The van der Waals surface area contributed by atoms with Crippen molar-refractivity contribution in [2.75, 3.05) is 6.54 Å². The van der Waals surface area contributed by atoms with E-state index in [4.69, 9.17) is 16.3 Å². The maximum Gasteiger partial charge on any atom is 0.125 e. The summed E-state index contributed by atoms with van der Waals surface area (Å²) in [6.07, 6.45) is 0. The van der Waals surface area contributed by atoms with Crippen LogP contribution in [-0.4, -0.2) is 6.54 Å². The molecule has 0 aliphatic rings. The van der Waals surface area contributed by atoms with E-state index < -0.39 is 0 Å². The highest BCUT2D eigenvalue weighted by atomic mass is 35.5. The lowest BCUT2D eigenvalue weighted by Crippen LogP contribution is -2.13. The Morgan fingerprint density at radius 1 is 1.28 bits per heavy atom. The summed E-state index contributed by atoms with van der Waals surface area (Å²) in [5, 5.41) is 6.08. The van der Waals surface area contributed by atoms with Crippen LogP contribution in [0.25, 0.3) is 0 Å². The van der Waals surface area contributed by atoms with Gasteiger partial charge in [-0.3, -0.25) is 0 Å². The van der Waals surface area contributed by atoms with Crippen LogP contribution in [0.1, 0.15) is 17.4 Å². The summed E-state index contributed by atoms with van der Waals surface area (Å²) >= 11 is 7.90. The molecule has 0 bridgehead atoms. The number of hydrogen-bond donors (Lipinski definition) is 1. The van der Waals surface area contributed by atoms with E-state index in [1.54, 1.807) is 11.3 Å². The van der Waals surface area contributed by atoms with Crippen LogP contribution < -0.4 is 10.1 Å². The molecule has 0 unspecified atom stereocenters. The van der Waals surface area contributed by atoms with Crippen molar-refractivity contribution in [2.45, 2.75) is 20.1 Å². The van der Waals surface area contributed by atoms with Gasteiger partial charge >= 0.3 is 0 Å². The highest BCUT2D eigenvalue weighted by Gasteiger charge is 2.08. The largest absolute Gasteiger partial charge is 0.488 e. The Kier molecular flexibility index (Phi) is 5.05. The fourth-order valence-corrected chi connectivity index (χ4v) is 2.49. The van der Waals surface area contributed by atoms with Crippen LogP contribution in [0, 0.1) is 0 Å². The van der Waals surface area contributed by atoms with Crippen LogP contribution >= 0.6 is 22.9 Å². The topological polar surface area (TPSA) is 21.3 Å². The molecule has 96 valence electrons. The van der Waals surface area contributed by atoms with Gasteiger partial charge in [-0.05, 0) is 30.1 Å². The van der Waals surface area contributed by atoms with Crippen LogP contribution in [0.15, 0.2) is 35.7 Å². The van der Waals surface area contributed by atoms with Gasteiger partial charge in [-0.2, -0.15) is 0 Å². The van der Waals surface area contributed by atoms with Gasteiger partial charge < -0.3 is 10.1 Å². The maximum absolute atomic E-state index is 6.21. The van der Waals surface area contributed by atoms with Crippen molar-refractivity contribution in [2.24, 2.45) is 0 Å². The fraction of sp³-hybridized carbons (Fsp3) is 0.286. The zero-order valence-corrected chi connectivity index (χ0v) is 11.9. The van der Waals surface area contributed by atoms with Gasteiger partial charge in [0.1, 0.15) is 12.4 Å². The number of thiophene rings is 1. The molecule has 2 rings (SSSR count). The zero-order chi connectivity index (χ0) is 12.8. The van der Waals surface area contributed by atoms with Gasteiger partial charge in [0.25, 0.3) is 0 Å². The van der Waals surface area contributed by atoms with Gasteiger partial charge in [-0.15, -0.1) is 11.3 Å². The molecule has 0 radical (unpaired) electrons. The van der Waals surface area contributed by atoms with Crippen molar-refractivity contribution < 1.29 is 4.74 Å². The van der Waals surface area contributed by atoms with Crippen molar-refractivity contribution in [3.05, 3.63) is 51.2 Å². The molecule has 0 fully saturated rings. The van der Waals surface area contributed by atoms with E-state index in [0.717, 1.165) is 29.4 Å². The molecule has 1 aromatic heterocycles.